The van der Waals surface area contributed by atoms with Crippen LogP contribution in [0.3, 0.4) is 0 Å². The minimum absolute atomic E-state index is 0.283. The summed E-state index contributed by atoms with van der Waals surface area (Å²) in [4.78, 5) is 19.5. The Morgan fingerprint density at radius 3 is 2.88 bits per heavy atom. The number of hydrogen-bond donors (Lipinski definition) is 1. The summed E-state index contributed by atoms with van der Waals surface area (Å²) in [5.41, 5.74) is 0.528. The maximum absolute atomic E-state index is 12.7. The number of amides is 1. The van der Waals surface area contributed by atoms with Gasteiger partial charge in [-0.25, -0.2) is 0 Å². The third kappa shape index (κ3) is 3.71. The van der Waals surface area contributed by atoms with Gasteiger partial charge >= 0.3 is 0 Å². The van der Waals surface area contributed by atoms with Gasteiger partial charge in [0.15, 0.2) is 5.17 Å². The lowest BCUT2D eigenvalue weighted by atomic mass is 10.3. The first-order chi connectivity index (χ1) is 11.6. The highest BCUT2D eigenvalue weighted by Gasteiger charge is 2.36. The molecule has 2 aliphatic heterocycles. The van der Waals surface area contributed by atoms with Crippen molar-refractivity contribution >= 4 is 51.7 Å². The van der Waals surface area contributed by atoms with Crippen molar-refractivity contribution in [2.75, 3.05) is 25.0 Å². The van der Waals surface area contributed by atoms with Gasteiger partial charge in [-0.1, -0.05) is 35.9 Å². The molecule has 0 spiro atoms. The first kappa shape index (κ1) is 17.2. The maximum atomic E-state index is 12.7. The van der Waals surface area contributed by atoms with Crippen LogP contribution in [0.2, 0.25) is 10.0 Å². The van der Waals surface area contributed by atoms with Crippen LogP contribution in [0.25, 0.3) is 0 Å². The Hall–Kier alpha value is -1.63. The molecule has 0 bridgehead atoms. The number of benzene rings is 1. The molecule has 5 nitrogen and oxygen atoms in total. The van der Waals surface area contributed by atoms with E-state index in [9.17, 15) is 4.79 Å². The van der Waals surface area contributed by atoms with Gasteiger partial charge in [0.1, 0.15) is 11.5 Å². The van der Waals surface area contributed by atoms with Crippen LogP contribution in [-0.4, -0.2) is 35.7 Å². The lowest BCUT2D eigenvalue weighted by Crippen LogP contribution is -2.30. The van der Waals surface area contributed by atoms with Crippen LogP contribution >= 0.6 is 35.0 Å². The molecular weight excluding hydrogens is 369 g/mol. The van der Waals surface area contributed by atoms with Crippen LogP contribution in [-0.2, 0) is 9.53 Å². The largest absolute Gasteiger partial charge is 0.474 e. The Bertz CT molecular complexity index is 729. The predicted molar refractivity (Wildman–Crippen MR) is 99.5 cm³/mol. The smallest absolute Gasteiger partial charge is 0.268 e. The van der Waals surface area contributed by atoms with E-state index in [4.69, 9.17) is 27.9 Å². The van der Waals surface area contributed by atoms with Gasteiger partial charge in [-0.15, -0.1) is 0 Å². The zero-order valence-corrected chi connectivity index (χ0v) is 15.0. The van der Waals surface area contributed by atoms with E-state index in [1.54, 1.807) is 24.3 Å². The molecule has 1 aromatic carbocycles. The van der Waals surface area contributed by atoms with E-state index in [0.29, 0.717) is 33.1 Å². The quantitative estimate of drug-likeness (QED) is 0.777. The van der Waals surface area contributed by atoms with Crippen LogP contribution in [0, 0.1) is 0 Å². The summed E-state index contributed by atoms with van der Waals surface area (Å²) in [7, 11) is 0. The molecule has 0 atom stereocenters. The molecule has 0 aliphatic carbocycles. The van der Waals surface area contributed by atoms with Gasteiger partial charge in [-0.05, 0) is 36.4 Å². The molecule has 1 N–H and O–H groups in total. The Balaban J connectivity index is 1.86. The number of nitrogens with zero attached hydrogens (tertiary/aromatic N) is 2. The summed E-state index contributed by atoms with van der Waals surface area (Å²) < 4.78 is 5.71. The van der Waals surface area contributed by atoms with E-state index in [2.05, 4.69) is 16.9 Å². The molecule has 126 valence electrons. The minimum atomic E-state index is -0.283. The number of rotatable bonds is 5. The summed E-state index contributed by atoms with van der Waals surface area (Å²) in [5.74, 6) is 0.235. The number of carbonyl (C=O) groups is 1. The molecule has 0 fully saturated rings. The van der Waals surface area contributed by atoms with Crippen molar-refractivity contribution in [1.29, 1.82) is 0 Å². The summed E-state index contributed by atoms with van der Waals surface area (Å²) >= 11 is 13.3. The zero-order valence-electron chi connectivity index (χ0n) is 12.7. The number of anilines is 1. The predicted octanol–water partition coefficient (Wildman–Crippen LogP) is 4.11. The molecule has 3 rings (SSSR count). The molecule has 2 aliphatic rings. The molecule has 8 heteroatoms. The normalized spacial score (nSPS) is 16.6. The van der Waals surface area contributed by atoms with Crippen LogP contribution < -0.4 is 5.32 Å². The molecule has 0 unspecified atom stereocenters. The Morgan fingerprint density at radius 2 is 2.17 bits per heavy atom. The van der Waals surface area contributed by atoms with Crippen LogP contribution in [0.5, 0.6) is 0 Å². The first-order valence-corrected chi connectivity index (χ1v) is 8.91. The van der Waals surface area contributed by atoms with Crippen molar-refractivity contribution in [2.45, 2.75) is 6.42 Å². The SMILES string of the molecule is C=CCOC1=C(C(=O)Nc2cc(Cl)cc(Cl)c2)SC2=NCCCN21. The number of hydrogen-bond acceptors (Lipinski definition) is 5. The number of fused-ring (bicyclic) bond motifs is 1. The van der Waals surface area contributed by atoms with Crippen molar-refractivity contribution in [2.24, 2.45) is 4.99 Å². The van der Waals surface area contributed by atoms with Gasteiger partial charge in [-0.2, -0.15) is 0 Å². The fourth-order valence-electron chi connectivity index (χ4n) is 2.36. The van der Waals surface area contributed by atoms with Crippen molar-refractivity contribution in [1.82, 2.24) is 4.90 Å². The summed E-state index contributed by atoms with van der Waals surface area (Å²) in [6.07, 6.45) is 2.56. The number of thioether (sulfide) groups is 1. The molecule has 0 saturated heterocycles. The third-order valence-electron chi connectivity index (χ3n) is 3.32. The van der Waals surface area contributed by atoms with E-state index in [0.717, 1.165) is 24.7 Å². The summed E-state index contributed by atoms with van der Waals surface area (Å²) in [5, 5.41) is 4.50. The van der Waals surface area contributed by atoms with Gasteiger partial charge in [0.05, 0.1) is 0 Å². The van der Waals surface area contributed by atoms with Gasteiger partial charge < -0.3 is 10.1 Å². The van der Waals surface area contributed by atoms with Crippen molar-refractivity contribution in [3.63, 3.8) is 0 Å². The highest BCUT2D eigenvalue weighted by Crippen LogP contribution is 2.37. The number of halogens is 2. The maximum Gasteiger partial charge on any atom is 0.268 e. The number of carbonyl (C=O) groups excluding carboxylic acids is 1. The molecule has 1 amide bonds. The standard InChI is InChI=1S/C16H15Cl2N3O2S/c1-2-6-23-15-13(24-16-19-4-3-5-21(15)16)14(22)20-12-8-10(17)7-11(18)9-12/h2,7-9H,1,3-6H2,(H,20,22). The monoisotopic (exact) mass is 383 g/mol. The van der Waals surface area contributed by atoms with Gasteiger partial charge in [0, 0.05) is 28.8 Å². The fourth-order valence-corrected chi connectivity index (χ4v) is 3.91. The highest BCUT2D eigenvalue weighted by molar-refractivity contribution is 8.18. The van der Waals surface area contributed by atoms with Crippen LogP contribution in [0.4, 0.5) is 5.69 Å². The number of ether oxygens (including phenoxy) is 1. The van der Waals surface area contributed by atoms with Gasteiger partial charge in [0.25, 0.3) is 5.91 Å². The van der Waals surface area contributed by atoms with E-state index < -0.39 is 0 Å². The molecule has 24 heavy (non-hydrogen) atoms. The molecule has 2 heterocycles. The molecule has 0 saturated carbocycles. The number of aliphatic imine (C=N–C) groups is 1. The lowest BCUT2D eigenvalue weighted by molar-refractivity contribution is -0.112. The Morgan fingerprint density at radius 1 is 1.42 bits per heavy atom. The van der Waals surface area contributed by atoms with Crippen molar-refractivity contribution < 1.29 is 9.53 Å². The van der Waals surface area contributed by atoms with E-state index >= 15 is 0 Å². The fraction of sp³-hybridized carbons (Fsp3) is 0.250. The highest BCUT2D eigenvalue weighted by atomic mass is 35.5. The molecular formula is C16H15Cl2N3O2S. The summed E-state index contributed by atoms with van der Waals surface area (Å²) in [6, 6.07) is 4.89. The summed E-state index contributed by atoms with van der Waals surface area (Å²) in [6.45, 7) is 5.50. The molecule has 0 aromatic heterocycles. The average molecular weight is 384 g/mol. The zero-order chi connectivity index (χ0) is 17.1. The van der Waals surface area contributed by atoms with Crippen molar-refractivity contribution in [3.05, 3.63) is 51.7 Å². The van der Waals surface area contributed by atoms with Gasteiger partial charge in [-0.3, -0.25) is 14.7 Å². The van der Waals surface area contributed by atoms with E-state index in [1.807, 2.05) is 4.90 Å². The minimum Gasteiger partial charge on any atom is -0.474 e. The Kier molecular flexibility index (Phi) is 5.38. The lowest BCUT2D eigenvalue weighted by Gasteiger charge is -2.24. The van der Waals surface area contributed by atoms with Crippen LogP contribution in [0.15, 0.2) is 46.6 Å². The average Bonchev–Trinajstić information content (AvgIpc) is 2.90. The van der Waals surface area contributed by atoms with E-state index in [-0.39, 0.29) is 5.91 Å². The van der Waals surface area contributed by atoms with Crippen molar-refractivity contribution in [3.8, 4) is 0 Å². The van der Waals surface area contributed by atoms with Gasteiger partial charge in [0.2, 0.25) is 5.88 Å². The second-order valence-corrected chi connectivity index (χ2v) is 6.97. The first-order valence-electron chi connectivity index (χ1n) is 7.33. The Labute approximate surface area is 154 Å². The molecule has 1 aromatic rings. The van der Waals surface area contributed by atoms with Crippen LogP contribution in [0.1, 0.15) is 6.42 Å². The second kappa shape index (κ2) is 7.51. The topological polar surface area (TPSA) is 53.9 Å². The third-order valence-corrected chi connectivity index (χ3v) is 4.85. The molecule has 0 radical (unpaired) electrons. The number of nitrogens with one attached hydrogen (secondary N) is 1. The number of amidine groups is 1. The second-order valence-electron chi connectivity index (χ2n) is 5.12. The van der Waals surface area contributed by atoms with E-state index in [1.165, 1.54) is 11.8 Å².